The number of aromatic nitrogens is 4. The van der Waals surface area contributed by atoms with Crippen LogP contribution in [-0.4, -0.2) is 25.0 Å². The van der Waals surface area contributed by atoms with Crippen molar-refractivity contribution in [3.8, 4) is 0 Å². The van der Waals surface area contributed by atoms with Crippen molar-refractivity contribution in [1.82, 2.24) is 19.1 Å². The number of nitrogens with one attached hydrogen (secondary N) is 2. The van der Waals surface area contributed by atoms with Gasteiger partial charge < -0.3 is 10.3 Å². The number of carbonyl (C=O) groups excluding carboxylic acids is 1. The first-order valence-electron chi connectivity index (χ1n) is 11.6. The van der Waals surface area contributed by atoms with Gasteiger partial charge in [-0.2, -0.15) is 0 Å². The number of rotatable bonds is 7. The van der Waals surface area contributed by atoms with E-state index in [0.717, 1.165) is 16.6 Å². The molecule has 1 aliphatic carbocycles. The molecule has 4 aromatic rings. The molecule has 0 aliphatic heterocycles. The lowest BCUT2D eigenvalue weighted by molar-refractivity contribution is -0.114. The van der Waals surface area contributed by atoms with Gasteiger partial charge in [0.25, 0.3) is 5.56 Å². The van der Waals surface area contributed by atoms with Crippen molar-refractivity contribution < 1.29 is 9.18 Å². The molecule has 0 radical (unpaired) electrons. The molecule has 0 saturated heterocycles. The number of aromatic amines is 1. The number of fused-ring (bicyclic) bond motifs is 1. The maximum absolute atomic E-state index is 14.3. The highest BCUT2D eigenvalue weighted by molar-refractivity contribution is 5.88. The number of hydrogen-bond acceptors (Lipinski definition) is 4. The number of halogens is 1. The molecule has 0 spiro atoms. The number of anilines is 1. The maximum atomic E-state index is 14.3. The molecular weight excluding hydrogens is 449 g/mol. The molecule has 2 aromatic carbocycles. The zero-order chi connectivity index (χ0) is 24.7. The topological polar surface area (TPSA) is 102 Å². The summed E-state index contributed by atoms with van der Waals surface area (Å²) in [6.45, 7) is 3.88. The molecule has 1 aliphatic rings. The molecule has 2 aromatic heterocycles. The molecule has 2 atom stereocenters. The highest BCUT2D eigenvalue weighted by Crippen LogP contribution is 2.39. The summed E-state index contributed by atoms with van der Waals surface area (Å²) < 4.78 is 16.9. The first-order chi connectivity index (χ1) is 16.8. The SMILES string of the molecule is CC(=O)Nc1ccc(Cc2nc3c([nH]2)c(=O)n(Cc2ccccc2F)c(=O)n3CC2CC2C)cc1. The van der Waals surface area contributed by atoms with Crippen LogP contribution in [0.15, 0.2) is 58.1 Å². The first-order valence-corrected chi connectivity index (χ1v) is 11.6. The number of carbonyl (C=O) groups is 1. The Bertz CT molecular complexity index is 1530. The Kier molecular flexibility index (Phi) is 5.84. The third kappa shape index (κ3) is 4.66. The van der Waals surface area contributed by atoms with E-state index in [1.807, 2.05) is 12.1 Å². The van der Waals surface area contributed by atoms with Crippen molar-refractivity contribution in [2.75, 3.05) is 5.32 Å². The smallest absolute Gasteiger partial charge is 0.333 e. The van der Waals surface area contributed by atoms with E-state index in [-0.39, 0.29) is 23.5 Å². The van der Waals surface area contributed by atoms with Crippen LogP contribution in [0.2, 0.25) is 0 Å². The second-order valence-electron chi connectivity index (χ2n) is 9.29. The van der Waals surface area contributed by atoms with Crippen LogP contribution in [-0.2, 0) is 24.3 Å². The molecule has 0 bridgehead atoms. The third-order valence-corrected chi connectivity index (χ3v) is 6.54. The van der Waals surface area contributed by atoms with Gasteiger partial charge in [0, 0.05) is 31.1 Å². The molecule has 35 heavy (non-hydrogen) atoms. The number of H-pyrrole nitrogens is 1. The van der Waals surface area contributed by atoms with E-state index in [1.165, 1.54) is 13.0 Å². The van der Waals surface area contributed by atoms with E-state index in [2.05, 4.69) is 22.2 Å². The van der Waals surface area contributed by atoms with Crippen molar-refractivity contribution in [3.63, 3.8) is 0 Å². The predicted octanol–water partition coefficient (Wildman–Crippen LogP) is 3.28. The minimum atomic E-state index is -0.520. The second kappa shape index (κ2) is 8.98. The molecule has 1 amide bonds. The van der Waals surface area contributed by atoms with E-state index >= 15 is 0 Å². The third-order valence-electron chi connectivity index (χ3n) is 6.54. The largest absolute Gasteiger partial charge is 0.336 e. The predicted molar refractivity (Wildman–Crippen MR) is 131 cm³/mol. The van der Waals surface area contributed by atoms with Crippen LogP contribution in [0.25, 0.3) is 11.2 Å². The second-order valence-corrected chi connectivity index (χ2v) is 9.29. The summed E-state index contributed by atoms with van der Waals surface area (Å²) in [7, 11) is 0. The lowest BCUT2D eigenvalue weighted by Crippen LogP contribution is -2.41. The van der Waals surface area contributed by atoms with E-state index < -0.39 is 17.1 Å². The minimum absolute atomic E-state index is 0.148. The van der Waals surface area contributed by atoms with Gasteiger partial charge >= 0.3 is 5.69 Å². The number of amides is 1. The summed E-state index contributed by atoms with van der Waals surface area (Å²) in [5.74, 6) is 0.783. The highest BCUT2D eigenvalue weighted by atomic mass is 19.1. The summed E-state index contributed by atoms with van der Waals surface area (Å²) in [6, 6.07) is 13.5. The fourth-order valence-corrected chi connectivity index (χ4v) is 4.39. The van der Waals surface area contributed by atoms with E-state index in [4.69, 9.17) is 0 Å². The summed E-state index contributed by atoms with van der Waals surface area (Å²) in [5, 5.41) is 2.72. The van der Waals surface area contributed by atoms with Crippen LogP contribution in [0, 0.1) is 17.7 Å². The molecule has 2 heterocycles. The van der Waals surface area contributed by atoms with Crippen LogP contribution < -0.4 is 16.6 Å². The summed E-state index contributed by atoms with van der Waals surface area (Å²) >= 11 is 0. The molecule has 2 unspecified atom stereocenters. The fraction of sp³-hybridized carbons (Fsp3) is 0.308. The Morgan fingerprint density at radius 3 is 2.51 bits per heavy atom. The molecule has 8 nitrogen and oxygen atoms in total. The normalized spacial score (nSPS) is 17.0. The van der Waals surface area contributed by atoms with Crippen LogP contribution in [0.4, 0.5) is 10.1 Å². The molecule has 5 rings (SSSR count). The average molecular weight is 476 g/mol. The Morgan fingerprint density at radius 1 is 1.14 bits per heavy atom. The van der Waals surface area contributed by atoms with Gasteiger partial charge in [-0.3, -0.25) is 18.7 Å². The Labute approximate surface area is 200 Å². The highest BCUT2D eigenvalue weighted by Gasteiger charge is 2.34. The lowest BCUT2D eigenvalue weighted by atomic mass is 10.1. The zero-order valence-electron chi connectivity index (χ0n) is 19.5. The minimum Gasteiger partial charge on any atom is -0.336 e. The van der Waals surface area contributed by atoms with E-state index in [0.29, 0.717) is 42.0 Å². The standard InChI is InChI=1S/C26H26FN5O3/c1-15-11-19(15)14-31-24-23(25(34)32(26(31)35)13-18-5-3-4-6-21(18)27)29-22(30-24)12-17-7-9-20(10-8-17)28-16(2)33/h3-10,15,19H,11-14H2,1-2H3,(H,28,33)(H,29,30). The molecule has 1 saturated carbocycles. The number of benzene rings is 2. The fourth-order valence-electron chi connectivity index (χ4n) is 4.39. The van der Waals surface area contributed by atoms with Gasteiger partial charge in [-0.05, 0) is 42.0 Å². The van der Waals surface area contributed by atoms with Crippen LogP contribution >= 0.6 is 0 Å². The van der Waals surface area contributed by atoms with Gasteiger partial charge in [0.1, 0.15) is 17.2 Å². The van der Waals surface area contributed by atoms with Gasteiger partial charge in [-0.25, -0.2) is 14.2 Å². The molecule has 1 fully saturated rings. The molecule has 180 valence electrons. The summed E-state index contributed by atoms with van der Waals surface area (Å²) in [4.78, 5) is 45.7. The number of hydrogen-bond donors (Lipinski definition) is 2. The van der Waals surface area contributed by atoms with Gasteiger partial charge in [-0.1, -0.05) is 37.3 Å². The van der Waals surface area contributed by atoms with Crippen LogP contribution in [0.5, 0.6) is 0 Å². The van der Waals surface area contributed by atoms with Crippen molar-refractivity contribution in [1.29, 1.82) is 0 Å². The maximum Gasteiger partial charge on any atom is 0.333 e. The average Bonchev–Trinajstić information content (AvgIpc) is 3.35. The van der Waals surface area contributed by atoms with Crippen molar-refractivity contribution >= 4 is 22.8 Å². The van der Waals surface area contributed by atoms with Crippen molar-refractivity contribution in [3.05, 3.63) is 92.1 Å². The van der Waals surface area contributed by atoms with Crippen molar-refractivity contribution in [2.24, 2.45) is 11.8 Å². The Hall–Kier alpha value is -4.01. The van der Waals surface area contributed by atoms with Gasteiger partial charge in [0.05, 0.1) is 6.54 Å². The van der Waals surface area contributed by atoms with Crippen LogP contribution in [0.1, 0.15) is 37.2 Å². The summed E-state index contributed by atoms with van der Waals surface area (Å²) in [5.41, 5.74) is 1.45. The van der Waals surface area contributed by atoms with Gasteiger partial charge in [0.2, 0.25) is 5.91 Å². The number of imidazole rings is 1. The first kappa shape index (κ1) is 22.8. The summed E-state index contributed by atoms with van der Waals surface area (Å²) in [6.07, 6.45) is 1.42. The van der Waals surface area contributed by atoms with Crippen molar-refractivity contribution in [2.45, 2.75) is 39.8 Å². The van der Waals surface area contributed by atoms with Gasteiger partial charge in [-0.15, -0.1) is 0 Å². The molecule has 2 N–H and O–H groups in total. The van der Waals surface area contributed by atoms with Crippen LogP contribution in [0.3, 0.4) is 0 Å². The Balaban J connectivity index is 1.55. The molecule has 9 heteroatoms. The quantitative estimate of drug-likeness (QED) is 0.428. The lowest BCUT2D eigenvalue weighted by Gasteiger charge is -2.11. The van der Waals surface area contributed by atoms with Gasteiger partial charge in [0.15, 0.2) is 5.65 Å². The van der Waals surface area contributed by atoms with E-state index in [1.54, 1.807) is 34.9 Å². The molecular formula is C26H26FN5O3. The Morgan fingerprint density at radius 2 is 1.86 bits per heavy atom. The number of nitrogens with zero attached hydrogens (tertiary/aromatic N) is 3. The van der Waals surface area contributed by atoms with E-state index in [9.17, 15) is 18.8 Å². The zero-order valence-corrected chi connectivity index (χ0v) is 19.5. The monoisotopic (exact) mass is 475 g/mol.